The number of aryl methyl sites for hydroxylation is 1. The summed E-state index contributed by atoms with van der Waals surface area (Å²) in [7, 11) is -3.48. The summed E-state index contributed by atoms with van der Waals surface area (Å²) in [5, 5.41) is 9.57. The van der Waals surface area contributed by atoms with Crippen molar-refractivity contribution >= 4 is 33.0 Å². The van der Waals surface area contributed by atoms with Crippen LogP contribution < -0.4 is 4.72 Å². The number of hydrogen-bond donors (Lipinski definition) is 2. The first-order valence-corrected chi connectivity index (χ1v) is 9.00. The van der Waals surface area contributed by atoms with Crippen molar-refractivity contribution in [3.63, 3.8) is 0 Å². The highest BCUT2D eigenvalue weighted by molar-refractivity contribution is 7.91. The Morgan fingerprint density at radius 2 is 2.26 bits per heavy atom. The second-order valence-electron chi connectivity index (χ2n) is 5.06. The molecule has 2 rings (SSSR count). The lowest BCUT2D eigenvalue weighted by Gasteiger charge is -2.25. The molecule has 1 aromatic rings. The van der Waals surface area contributed by atoms with Gasteiger partial charge < -0.3 is 5.11 Å². The lowest BCUT2D eigenvalue weighted by Crippen LogP contribution is -2.32. The van der Waals surface area contributed by atoms with Crippen LogP contribution in [0.2, 0.25) is 4.34 Å². The summed E-state index contributed by atoms with van der Waals surface area (Å²) >= 11 is 6.97. The standard InChI is InChI=1S/C12H18ClNO3S2/c1-8-5-11(18-12(8)13)19(16,17)14-7-9-3-2-4-10(15)6-9/h5,9-10,14-15H,2-4,6-7H2,1H3. The van der Waals surface area contributed by atoms with Crippen molar-refractivity contribution in [1.82, 2.24) is 4.72 Å². The Bertz CT molecular complexity index is 522. The van der Waals surface area contributed by atoms with Crippen molar-refractivity contribution in [2.75, 3.05) is 6.54 Å². The van der Waals surface area contributed by atoms with E-state index in [-0.39, 0.29) is 16.2 Å². The predicted octanol–water partition coefficient (Wildman–Crippen LogP) is 2.54. The molecule has 0 aliphatic heterocycles. The summed E-state index contributed by atoms with van der Waals surface area (Å²) in [5.74, 6) is 0.218. The number of halogens is 1. The van der Waals surface area contributed by atoms with Crippen molar-refractivity contribution in [3.8, 4) is 0 Å². The number of nitrogens with one attached hydrogen (secondary N) is 1. The molecule has 2 atom stereocenters. The van der Waals surface area contributed by atoms with Gasteiger partial charge in [0.05, 0.1) is 10.4 Å². The second kappa shape index (κ2) is 6.10. The highest BCUT2D eigenvalue weighted by Gasteiger charge is 2.23. The van der Waals surface area contributed by atoms with Crippen LogP contribution in [-0.4, -0.2) is 26.2 Å². The van der Waals surface area contributed by atoms with E-state index < -0.39 is 10.0 Å². The summed E-state index contributed by atoms with van der Waals surface area (Å²) in [5.41, 5.74) is 0.778. The molecule has 1 saturated carbocycles. The van der Waals surface area contributed by atoms with E-state index in [1.54, 1.807) is 13.0 Å². The molecule has 0 saturated heterocycles. The van der Waals surface area contributed by atoms with Gasteiger partial charge in [-0.2, -0.15) is 0 Å². The molecule has 0 amide bonds. The van der Waals surface area contributed by atoms with Crippen LogP contribution in [0, 0.1) is 12.8 Å². The molecule has 0 spiro atoms. The Kier molecular flexibility index (Phi) is 4.89. The molecule has 1 aromatic heterocycles. The van der Waals surface area contributed by atoms with Crippen molar-refractivity contribution in [3.05, 3.63) is 16.0 Å². The third-order valence-electron chi connectivity index (χ3n) is 3.42. The molecular formula is C12H18ClNO3S2. The molecule has 1 aliphatic carbocycles. The zero-order chi connectivity index (χ0) is 14.0. The van der Waals surface area contributed by atoms with Gasteiger partial charge in [-0.05, 0) is 43.7 Å². The highest BCUT2D eigenvalue weighted by atomic mass is 35.5. The van der Waals surface area contributed by atoms with Gasteiger partial charge in [0, 0.05) is 6.54 Å². The molecule has 1 aliphatic rings. The Morgan fingerprint density at radius 1 is 1.53 bits per heavy atom. The molecule has 1 heterocycles. The zero-order valence-electron chi connectivity index (χ0n) is 10.7. The first-order valence-electron chi connectivity index (χ1n) is 6.32. The number of aliphatic hydroxyl groups excluding tert-OH is 1. The molecule has 1 fully saturated rings. The van der Waals surface area contributed by atoms with Gasteiger partial charge in [-0.15, -0.1) is 11.3 Å². The Morgan fingerprint density at radius 3 is 2.84 bits per heavy atom. The Hall–Kier alpha value is -0.140. The van der Waals surface area contributed by atoms with Crippen molar-refractivity contribution in [2.45, 2.75) is 42.9 Å². The van der Waals surface area contributed by atoms with Gasteiger partial charge in [0.15, 0.2) is 0 Å². The van der Waals surface area contributed by atoms with Crippen LogP contribution in [0.25, 0.3) is 0 Å². The minimum Gasteiger partial charge on any atom is -0.393 e. The summed E-state index contributed by atoms with van der Waals surface area (Å²) < 4.78 is 27.6. The van der Waals surface area contributed by atoms with Crippen LogP contribution in [0.1, 0.15) is 31.2 Å². The van der Waals surface area contributed by atoms with Crippen LogP contribution >= 0.6 is 22.9 Å². The predicted molar refractivity (Wildman–Crippen MR) is 77.2 cm³/mol. The maximum atomic E-state index is 12.1. The van der Waals surface area contributed by atoms with Gasteiger partial charge in [0.2, 0.25) is 10.0 Å². The van der Waals surface area contributed by atoms with Crippen LogP contribution in [-0.2, 0) is 10.0 Å². The topological polar surface area (TPSA) is 66.4 Å². The van der Waals surface area contributed by atoms with Gasteiger partial charge in [0.1, 0.15) is 4.21 Å². The van der Waals surface area contributed by atoms with Crippen LogP contribution in [0.15, 0.2) is 10.3 Å². The first kappa shape index (κ1) is 15.3. The third kappa shape index (κ3) is 3.92. The third-order valence-corrected chi connectivity index (χ3v) is 6.87. The van der Waals surface area contributed by atoms with E-state index >= 15 is 0 Å². The molecule has 2 unspecified atom stereocenters. The minimum atomic E-state index is -3.48. The van der Waals surface area contributed by atoms with E-state index in [1.807, 2.05) is 0 Å². The summed E-state index contributed by atoms with van der Waals surface area (Å²) in [4.78, 5) is 0. The van der Waals surface area contributed by atoms with Gasteiger partial charge in [-0.3, -0.25) is 0 Å². The molecule has 7 heteroatoms. The number of rotatable bonds is 4. The molecule has 0 aromatic carbocycles. The van der Waals surface area contributed by atoms with Crippen molar-refractivity contribution in [1.29, 1.82) is 0 Å². The number of sulfonamides is 1. The average Bonchev–Trinajstić information content (AvgIpc) is 2.68. The monoisotopic (exact) mass is 323 g/mol. The maximum Gasteiger partial charge on any atom is 0.250 e. The van der Waals surface area contributed by atoms with E-state index in [0.717, 1.165) is 36.2 Å². The lowest BCUT2D eigenvalue weighted by molar-refractivity contribution is 0.102. The quantitative estimate of drug-likeness (QED) is 0.894. The van der Waals surface area contributed by atoms with Crippen LogP contribution in [0.5, 0.6) is 0 Å². The van der Waals surface area contributed by atoms with E-state index in [0.29, 0.717) is 17.3 Å². The van der Waals surface area contributed by atoms with E-state index in [2.05, 4.69) is 4.72 Å². The maximum absolute atomic E-state index is 12.1. The van der Waals surface area contributed by atoms with Crippen LogP contribution in [0.4, 0.5) is 0 Å². The van der Waals surface area contributed by atoms with Gasteiger partial charge >= 0.3 is 0 Å². The molecule has 0 bridgehead atoms. The largest absolute Gasteiger partial charge is 0.393 e. The number of hydrogen-bond acceptors (Lipinski definition) is 4. The minimum absolute atomic E-state index is 0.218. The normalized spacial score (nSPS) is 24.6. The molecule has 19 heavy (non-hydrogen) atoms. The fraction of sp³-hybridized carbons (Fsp3) is 0.667. The van der Waals surface area contributed by atoms with Gasteiger partial charge in [-0.25, -0.2) is 13.1 Å². The molecule has 4 nitrogen and oxygen atoms in total. The van der Waals surface area contributed by atoms with Gasteiger partial charge in [-0.1, -0.05) is 18.0 Å². The molecule has 0 radical (unpaired) electrons. The van der Waals surface area contributed by atoms with E-state index in [1.165, 1.54) is 0 Å². The zero-order valence-corrected chi connectivity index (χ0v) is 13.1. The molecule has 2 N–H and O–H groups in total. The SMILES string of the molecule is Cc1cc(S(=O)(=O)NCC2CCCC(O)C2)sc1Cl. The lowest BCUT2D eigenvalue weighted by atomic mass is 9.87. The number of thiophene rings is 1. The van der Waals surface area contributed by atoms with Crippen LogP contribution in [0.3, 0.4) is 0 Å². The fourth-order valence-corrected chi connectivity index (χ4v) is 5.18. The second-order valence-corrected chi connectivity index (χ2v) is 8.71. The summed E-state index contributed by atoms with van der Waals surface area (Å²) in [6.07, 6.45) is 3.12. The summed E-state index contributed by atoms with van der Waals surface area (Å²) in [6, 6.07) is 1.59. The van der Waals surface area contributed by atoms with Crippen molar-refractivity contribution in [2.24, 2.45) is 5.92 Å². The van der Waals surface area contributed by atoms with Gasteiger partial charge in [0.25, 0.3) is 0 Å². The first-order chi connectivity index (χ1) is 8.88. The average molecular weight is 324 g/mol. The highest BCUT2D eigenvalue weighted by Crippen LogP contribution is 2.30. The van der Waals surface area contributed by atoms with Crippen molar-refractivity contribution < 1.29 is 13.5 Å². The van der Waals surface area contributed by atoms with E-state index in [4.69, 9.17) is 11.6 Å². The Labute approximate surface area is 122 Å². The number of aliphatic hydroxyl groups is 1. The summed E-state index contributed by atoms with van der Waals surface area (Å²) in [6.45, 7) is 2.17. The fourth-order valence-electron chi connectivity index (χ4n) is 2.31. The Balaban J connectivity index is 1.98. The van der Waals surface area contributed by atoms with E-state index in [9.17, 15) is 13.5 Å². The molecule has 108 valence electrons. The molecular weight excluding hydrogens is 306 g/mol. The smallest absolute Gasteiger partial charge is 0.250 e.